The van der Waals surface area contributed by atoms with Gasteiger partial charge in [-0.25, -0.2) is 0 Å². The van der Waals surface area contributed by atoms with Gasteiger partial charge in [-0.1, -0.05) is 22.0 Å². The first-order valence-electron chi connectivity index (χ1n) is 5.82. The smallest absolute Gasteiger partial charge is 0.125 e. The van der Waals surface area contributed by atoms with Crippen LogP contribution in [0.5, 0.6) is 5.75 Å². The number of nitrogens with two attached hydrogens (primary N) is 1. The first-order valence-corrected chi connectivity index (χ1v) is 6.61. The predicted molar refractivity (Wildman–Crippen MR) is 74.5 cm³/mol. The maximum Gasteiger partial charge on any atom is 0.125 e. The second kappa shape index (κ2) is 6.02. The molecule has 2 aromatic rings. The largest absolute Gasteiger partial charge is 0.491 e. The highest BCUT2D eigenvalue weighted by Gasteiger charge is 2.08. The molecule has 0 fully saturated rings. The zero-order chi connectivity index (χ0) is 13.0. The summed E-state index contributed by atoms with van der Waals surface area (Å²) in [5, 5.41) is 4.13. The highest BCUT2D eigenvalue weighted by molar-refractivity contribution is 9.10. The lowest BCUT2D eigenvalue weighted by atomic mass is 10.1. The molecule has 1 heterocycles. The van der Waals surface area contributed by atoms with E-state index in [1.807, 2.05) is 42.1 Å². The van der Waals surface area contributed by atoms with E-state index in [4.69, 9.17) is 10.5 Å². The van der Waals surface area contributed by atoms with E-state index in [0.29, 0.717) is 6.61 Å². The molecule has 5 heteroatoms. The summed E-state index contributed by atoms with van der Waals surface area (Å²) in [5.41, 5.74) is 6.93. The van der Waals surface area contributed by atoms with Gasteiger partial charge in [-0.05, 0) is 25.1 Å². The van der Waals surface area contributed by atoms with Gasteiger partial charge in [-0.3, -0.25) is 4.68 Å². The lowest BCUT2D eigenvalue weighted by molar-refractivity contribution is 0.287. The van der Waals surface area contributed by atoms with Gasteiger partial charge in [0, 0.05) is 28.5 Å². The van der Waals surface area contributed by atoms with Gasteiger partial charge in [0.25, 0.3) is 0 Å². The molecule has 0 aliphatic heterocycles. The van der Waals surface area contributed by atoms with Crippen LogP contribution in [-0.2, 0) is 6.54 Å². The van der Waals surface area contributed by atoms with Gasteiger partial charge in [-0.15, -0.1) is 0 Å². The number of hydrogen-bond acceptors (Lipinski definition) is 3. The summed E-state index contributed by atoms with van der Waals surface area (Å²) in [7, 11) is 0. The minimum absolute atomic E-state index is 0.0437. The summed E-state index contributed by atoms with van der Waals surface area (Å²) in [5.74, 6) is 0.825. The Balaban J connectivity index is 2.01. The lowest BCUT2D eigenvalue weighted by Crippen LogP contribution is -2.12. The van der Waals surface area contributed by atoms with Gasteiger partial charge in [0.2, 0.25) is 0 Å². The number of halogens is 1. The van der Waals surface area contributed by atoms with Crippen molar-refractivity contribution in [1.29, 1.82) is 0 Å². The van der Waals surface area contributed by atoms with Crippen molar-refractivity contribution in [3.8, 4) is 5.75 Å². The minimum atomic E-state index is -0.0437. The summed E-state index contributed by atoms with van der Waals surface area (Å²) >= 11 is 3.44. The topological polar surface area (TPSA) is 53.1 Å². The molecule has 4 nitrogen and oxygen atoms in total. The molecule has 0 radical (unpaired) electrons. The van der Waals surface area contributed by atoms with E-state index in [-0.39, 0.29) is 6.04 Å². The van der Waals surface area contributed by atoms with Crippen LogP contribution in [0.25, 0.3) is 0 Å². The molecule has 1 atom stereocenters. The molecule has 0 aliphatic carbocycles. The van der Waals surface area contributed by atoms with Gasteiger partial charge in [0.1, 0.15) is 12.4 Å². The van der Waals surface area contributed by atoms with Crippen LogP contribution in [-0.4, -0.2) is 16.4 Å². The maximum atomic E-state index is 5.92. The van der Waals surface area contributed by atoms with Crippen LogP contribution < -0.4 is 10.5 Å². The van der Waals surface area contributed by atoms with Crippen molar-refractivity contribution < 1.29 is 4.74 Å². The van der Waals surface area contributed by atoms with Crippen LogP contribution >= 0.6 is 15.9 Å². The number of aromatic nitrogens is 2. The molecule has 0 aliphatic rings. The average Bonchev–Trinajstić information content (AvgIpc) is 2.82. The Morgan fingerprint density at radius 3 is 3.00 bits per heavy atom. The Kier molecular flexibility index (Phi) is 4.38. The maximum absolute atomic E-state index is 5.92. The molecular weight excluding hydrogens is 294 g/mol. The van der Waals surface area contributed by atoms with Gasteiger partial charge >= 0.3 is 0 Å². The van der Waals surface area contributed by atoms with Gasteiger partial charge in [0.15, 0.2) is 0 Å². The molecule has 0 bridgehead atoms. The number of nitrogens with zero attached hydrogens (tertiary/aromatic N) is 2. The molecular formula is C13H16BrN3O. The number of ether oxygens (including phenoxy) is 1. The standard InChI is InChI=1S/C13H16BrN3O/c1-10(15)12-4-3-11(14)9-13(12)18-8-7-17-6-2-5-16-17/h2-6,9-10H,7-8,15H2,1H3/t10-/m0/s1. The molecule has 18 heavy (non-hydrogen) atoms. The Labute approximate surface area is 115 Å². The molecule has 2 N–H and O–H groups in total. The number of hydrogen-bond donors (Lipinski definition) is 1. The molecule has 1 aromatic heterocycles. The Morgan fingerprint density at radius 1 is 1.50 bits per heavy atom. The molecule has 96 valence electrons. The number of rotatable bonds is 5. The molecule has 0 saturated carbocycles. The summed E-state index contributed by atoms with van der Waals surface area (Å²) in [6.07, 6.45) is 3.67. The van der Waals surface area contributed by atoms with Gasteiger partial charge in [-0.2, -0.15) is 5.10 Å². The Hall–Kier alpha value is -1.33. The number of benzene rings is 1. The first kappa shape index (κ1) is 13.1. The zero-order valence-corrected chi connectivity index (χ0v) is 11.8. The summed E-state index contributed by atoms with van der Waals surface area (Å²) < 4.78 is 8.61. The monoisotopic (exact) mass is 309 g/mol. The fourth-order valence-electron chi connectivity index (χ4n) is 1.69. The van der Waals surface area contributed by atoms with E-state index in [1.165, 1.54) is 0 Å². The van der Waals surface area contributed by atoms with E-state index in [9.17, 15) is 0 Å². The van der Waals surface area contributed by atoms with E-state index in [2.05, 4.69) is 21.0 Å². The van der Waals surface area contributed by atoms with Crippen LogP contribution in [0, 0.1) is 0 Å². The quantitative estimate of drug-likeness (QED) is 0.924. The van der Waals surface area contributed by atoms with Crippen molar-refractivity contribution in [2.45, 2.75) is 19.5 Å². The summed E-state index contributed by atoms with van der Waals surface area (Å²) in [6, 6.07) is 7.75. The predicted octanol–water partition coefficient (Wildman–Crippen LogP) is 2.74. The SMILES string of the molecule is C[C@H](N)c1ccc(Br)cc1OCCn1cccn1. The van der Waals surface area contributed by atoms with Crippen molar-refractivity contribution >= 4 is 15.9 Å². The summed E-state index contributed by atoms with van der Waals surface area (Å²) in [4.78, 5) is 0. The van der Waals surface area contributed by atoms with Crippen LogP contribution in [0.4, 0.5) is 0 Å². The third-order valence-corrected chi connectivity index (χ3v) is 3.10. The molecule has 0 saturated heterocycles. The second-order valence-corrected chi connectivity index (χ2v) is 5.00. The van der Waals surface area contributed by atoms with E-state index in [1.54, 1.807) is 6.20 Å². The second-order valence-electron chi connectivity index (χ2n) is 4.09. The molecule has 2 rings (SSSR count). The van der Waals surface area contributed by atoms with E-state index >= 15 is 0 Å². The Bertz CT molecular complexity index is 497. The van der Waals surface area contributed by atoms with Gasteiger partial charge < -0.3 is 10.5 Å². The highest BCUT2D eigenvalue weighted by Crippen LogP contribution is 2.27. The van der Waals surface area contributed by atoms with Crippen molar-refractivity contribution in [1.82, 2.24) is 9.78 Å². The lowest BCUT2D eigenvalue weighted by Gasteiger charge is -2.14. The van der Waals surface area contributed by atoms with Crippen molar-refractivity contribution in [2.24, 2.45) is 5.73 Å². The zero-order valence-electron chi connectivity index (χ0n) is 10.2. The fraction of sp³-hybridized carbons (Fsp3) is 0.308. The highest BCUT2D eigenvalue weighted by atomic mass is 79.9. The molecule has 0 unspecified atom stereocenters. The minimum Gasteiger partial charge on any atom is -0.491 e. The molecule has 1 aromatic carbocycles. The van der Waals surface area contributed by atoms with Crippen LogP contribution in [0.2, 0.25) is 0 Å². The van der Waals surface area contributed by atoms with Gasteiger partial charge in [0.05, 0.1) is 6.54 Å². The third kappa shape index (κ3) is 3.34. The molecule has 0 amide bonds. The normalized spacial score (nSPS) is 12.4. The van der Waals surface area contributed by atoms with Crippen LogP contribution in [0.3, 0.4) is 0 Å². The van der Waals surface area contributed by atoms with Crippen LogP contribution in [0.15, 0.2) is 41.1 Å². The summed E-state index contributed by atoms with van der Waals surface area (Å²) in [6.45, 7) is 3.24. The van der Waals surface area contributed by atoms with Crippen molar-refractivity contribution in [3.05, 3.63) is 46.7 Å². The van der Waals surface area contributed by atoms with E-state index in [0.717, 1.165) is 22.3 Å². The van der Waals surface area contributed by atoms with E-state index < -0.39 is 0 Å². The fourth-order valence-corrected chi connectivity index (χ4v) is 2.03. The molecule has 0 spiro atoms. The Morgan fingerprint density at radius 2 is 2.33 bits per heavy atom. The third-order valence-electron chi connectivity index (χ3n) is 2.60. The van der Waals surface area contributed by atoms with Crippen LogP contribution in [0.1, 0.15) is 18.5 Å². The first-order chi connectivity index (χ1) is 8.66. The average molecular weight is 310 g/mol. The van der Waals surface area contributed by atoms with Crippen molar-refractivity contribution in [3.63, 3.8) is 0 Å². The van der Waals surface area contributed by atoms with Crippen molar-refractivity contribution in [2.75, 3.05) is 6.61 Å².